The van der Waals surface area contributed by atoms with Gasteiger partial charge < -0.3 is 14.4 Å². The van der Waals surface area contributed by atoms with Crippen LogP contribution in [0.1, 0.15) is 50.8 Å². The van der Waals surface area contributed by atoms with Gasteiger partial charge in [-0.2, -0.15) is 0 Å². The van der Waals surface area contributed by atoms with E-state index in [0.717, 1.165) is 51.5 Å². The molecule has 6 nitrogen and oxygen atoms in total. The number of ether oxygens (including phenoxy) is 2. The second-order valence-electron chi connectivity index (χ2n) is 8.86. The second kappa shape index (κ2) is 9.87. The molecule has 1 atom stereocenters. The molecule has 2 aliphatic heterocycles. The van der Waals surface area contributed by atoms with Crippen LogP contribution < -0.4 is 4.90 Å². The Labute approximate surface area is 214 Å². The molecular formula is C25H29NO5S3. The van der Waals surface area contributed by atoms with Crippen LogP contribution in [0.2, 0.25) is 0 Å². The third-order valence-corrected chi connectivity index (χ3v) is 9.34. The van der Waals surface area contributed by atoms with Gasteiger partial charge in [-0.05, 0) is 45.7 Å². The van der Waals surface area contributed by atoms with Gasteiger partial charge in [-0.25, -0.2) is 9.59 Å². The van der Waals surface area contributed by atoms with Crippen LogP contribution in [0.4, 0.5) is 5.69 Å². The highest BCUT2D eigenvalue weighted by Gasteiger charge is 2.47. The van der Waals surface area contributed by atoms with Crippen molar-refractivity contribution >= 4 is 69.7 Å². The van der Waals surface area contributed by atoms with E-state index >= 15 is 0 Å². The summed E-state index contributed by atoms with van der Waals surface area (Å²) in [6.07, 6.45) is 0.715. The number of esters is 2. The number of amides is 1. The Balaban J connectivity index is 2.31. The van der Waals surface area contributed by atoms with Gasteiger partial charge in [-0.15, -0.1) is 0 Å². The lowest BCUT2D eigenvalue weighted by molar-refractivity contribution is -0.138. The van der Waals surface area contributed by atoms with E-state index in [2.05, 4.69) is 6.07 Å². The zero-order valence-electron chi connectivity index (χ0n) is 20.7. The number of carbonyl (C=O) groups is 3. The number of thioether (sulfide) groups is 2. The molecule has 182 valence electrons. The van der Waals surface area contributed by atoms with Crippen molar-refractivity contribution in [1.29, 1.82) is 0 Å². The quantitative estimate of drug-likeness (QED) is 0.291. The molecule has 0 fully saturated rings. The Morgan fingerprint density at radius 2 is 1.59 bits per heavy atom. The van der Waals surface area contributed by atoms with Crippen molar-refractivity contribution in [2.75, 3.05) is 19.1 Å². The van der Waals surface area contributed by atoms with Crippen molar-refractivity contribution in [3.05, 3.63) is 42.9 Å². The predicted octanol–water partition coefficient (Wildman–Crippen LogP) is 5.55. The van der Waals surface area contributed by atoms with Crippen LogP contribution >= 0.6 is 35.7 Å². The number of benzene rings is 1. The number of hydrogen-bond acceptors (Lipinski definition) is 8. The topological polar surface area (TPSA) is 72.9 Å². The van der Waals surface area contributed by atoms with Crippen LogP contribution in [0.15, 0.2) is 26.2 Å². The standard InChI is InChI=1S/C25H29NO5S3/c1-9-13(3)21(27)26-17-14(4)10-12(2)11-15(17)16(20(32)25(26,5)6)24-33-18(22(28)30-7)19(34-24)23(29)31-8/h10-11,13H,9H2,1-8H3/t13-/m1/s1. The Morgan fingerprint density at radius 1 is 1.06 bits per heavy atom. The number of carbonyl (C=O) groups excluding carboxylic acids is 3. The van der Waals surface area contributed by atoms with Gasteiger partial charge >= 0.3 is 11.9 Å². The fraction of sp³-hybridized carbons (Fsp3) is 0.440. The van der Waals surface area contributed by atoms with Crippen LogP contribution in [0.25, 0.3) is 5.57 Å². The number of nitrogens with zero attached hydrogens (tertiary/aromatic N) is 1. The second-order valence-corrected chi connectivity index (χ2v) is 11.6. The highest BCUT2D eigenvalue weighted by atomic mass is 32.2. The summed E-state index contributed by atoms with van der Waals surface area (Å²) < 4.78 is 10.5. The van der Waals surface area contributed by atoms with E-state index in [1.54, 1.807) is 0 Å². The van der Waals surface area contributed by atoms with Crippen LogP contribution in [-0.2, 0) is 23.9 Å². The molecule has 1 aromatic rings. The highest BCUT2D eigenvalue weighted by molar-refractivity contribution is 8.29. The zero-order valence-corrected chi connectivity index (χ0v) is 23.1. The summed E-state index contributed by atoms with van der Waals surface area (Å²) in [6.45, 7) is 11.8. The molecule has 0 saturated heterocycles. The molecule has 0 unspecified atom stereocenters. The Morgan fingerprint density at radius 3 is 2.06 bits per heavy atom. The van der Waals surface area contributed by atoms with Gasteiger partial charge in [0.15, 0.2) is 0 Å². The van der Waals surface area contributed by atoms with Crippen LogP contribution in [0.5, 0.6) is 0 Å². The van der Waals surface area contributed by atoms with Gasteiger partial charge in [0.1, 0.15) is 9.81 Å². The summed E-state index contributed by atoms with van der Waals surface area (Å²) in [5, 5.41) is 0. The fourth-order valence-corrected chi connectivity index (χ4v) is 7.13. The summed E-state index contributed by atoms with van der Waals surface area (Å²) in [4.78, 5) is 41.3. The van der Waals surface area contributed by atoms with Crippen molar-refractivity contribution in [2.24, 2.45) is 5.92 Å². The average Bonchev–Trinajstić information content (AvgIpc) is 3.23. The smallest absolute Gasteiger partial charge is 0.346 e. The fourth-order valence-electron chi connectivity index (χ4n) is 4.10. The Bertz CT molecular complexity index is 1140. The maximum Gasteiger partial charge on any atom is 0.346 e. The minimum Gasteiger partial charge on any atom is -0.465 e. The first-order valence-corrected chi connectivity index (χ1v) is 13.0. The molecule has 0 N–H and O–H groups in total. The van der Waals surface area contributed by atoms with Crippen LogP contribution in [0.3, 0.4) is 0 Å². The van der Waals surface area contributed by atoms with Gasteiger partial charge in [-0.1, -0.05) is 61.2 Å². The summed E-state index contributed by atoms with van der Waals surface area (Å²) in [6, 6.07) is 4.06. The predicted molar refractivity (Wildman–Crippen MR) is 143 cm³/mol. The molecule has 0 spiro atoms. The molecule has 34 heavy (non-hydrogen) atoms. The summed E-state index contributed by atoms with van der Waals surface area (Å²) in [5.74, 6) is -1.37. The van der Waals surface area contributed by atoms with Crippen LogP contribution in [-0.4, -0.2) is 42.5 Å². The number of methoxy groups -OCH3 is 2. The van der Waals surface area contributed by atoms with Crippen molar-refractivity contribution in [2.45, 2.75) is 53.5 Å². The molecule has 0 aliphatic carbocycles. The van der Waals surface area contributed by atoms with Crippen LogP contribution in [0, 0.1) is 19.8 Å². The van der Waals surface area contributed by atoms with E-state index in [1.165, 1.54) is 14.2 Å². The lowest BCUT2D eigenvalue weighted by Gasteiger charge is -2.47. The van der Waals surface area contributed by atoms with Crippen molar-refractivity contribution in [1.82, 2.24) is 0 Å². The van der Waals surface area contributed by atoms with Gasteiger partial charge in [0, 0.05) is 17.1 Å². The number of fused-ring (bicyclic) bond motifs is 1. The molecule has 3 rings (SSSR count). The molecule has 0 radical (unpaired) electrons. The minimum atomic E-state index is -0.800. The summed E-state index contributed by atoms with van der Waals surface area (Å²) >= 11 is 8.33. The molecular weight excluding hydrogens is 490 g/mol. The summed E-state index contributed by atoms with van der Waals surface area (Å²) in [5.41, 5.74) is 3.57. The molecule has 2 aliphatic rings. The van der Waals surface area contributed by atoms with E-state index in [9.17, 15) is 14.4 Å². The summed E-state index contributed by atoms with van der Waals surface area (Å²) in [7, 11) is 2.55. The normalized spacial score (nSPS) is 18.1. The van der Waals surface area contributed by atoms with E-state index in [0.29, 0.717) is 15.5 Å². The maximum atomic E-state index is 13.6. The van der Waals surface area contributed by atoms with Crippen molar-refractivity contribution in [3.8, 4) is 0 Å². The number of hydrogen-bond donors (Lipinski definition) is 0. The Hall–Kier alpha value is -2.10. The van der Waals surface area contributed by atoms with Crippen molar-refractivity contribution < 1.29 is 23.9 Å². The molecule has 0 bridgehead atoms. The Kier molecular flexibility index (Phi) is 7.70. The van der Waals surface area contributed by atoms with E-state index in [1.807, 2.05) is 52.5 Å². The lowest BCUT2D eigenvalue weighted by atomic mass is 9.80. The lowest BCUT2D eigenvalue weighted by Crippen LogP contribution is -2.57. The van der Waals surface area contributed by atoms with E-state index < -0.39 is 17.5 Å². The van der Waals surface area contributed by atoms with Gasteiger partial charge in [0.2, 0.25) is 5.91 Å². The number of thiocarbonyl (C=S) groups is 1. The highest BCUT2D eigenvalue weighted by Crippen LogP contribution is 2.56. The molecule has 1 amide bonds. The first-order chi connectivity index (χ1) is 15.9. The molecule has 0 aromatic heterocycles. The minimum absolute atomic E-state index is 0.0162. The number of aryl methyl sites for hydroxylation is 2. The maximum absolute atomic E-state index is 13.6. The van der Waals surface area contributed by atoms with E-state index in [-0.39, 0.29) is 21.6 Å². The third-order valence-electron chi connectivity index (χ3n) is 6.08. The number of anilines is 1. The van der Waals surface area contributed by atoms with Gasteiger partial charge in [-0.3, -0.25) is 4.79 Å². The first kappa shape index (κ1) is 26.5. The average molecular weight is 520 g/mol. The SMILES string of the molecule is CC[C@@H](C)C(=O)N1c2c(C)cc(C)cc2C(=C2SC(C(=O)OC)=C(C(=O)OC)S2)C(=S)C1(C)C. The molecule has 9 heteroatoms. The number of rotatable bonds is 4. The van der Waals surface area contributed by atoms with Gasteiger partial charge in [0.25, 0.3) is 0 Å². The van der Waals surface area contributed by atoms with E-state index in [4.69, 9.17) is 21.7 Å². The molecule has 2 heterocycles. The largest absolute Gasteiger partial charge is 0.465 e. The molecule has 1 aromatic carbocycles. The van der Waals surface area contributed by atoms with Crippen molar-refractivity contribution in [3.63, 3.8) is 0 Å². The van der Waals surface area contributed by atoms with Gasteiger partial charge in [0.05, 0.1) is 34.5 Å². The first-order valence-electron chi connectivity index (χ1n) is 10.9. The third kappa shape index (κ3) is 4.33. The molecule has 0 saturated carbocycles. The monoisotopic (exact) mass is 519 g/mol. The zero-order chi connectivity index (χ0) is 25.5.